The van der Waals surface area contributed by atoms with Crippen LogP contribution in [0.25, 0.3) is 0 Å². The maximum absolute atomic E-state index is 5.59. The van der Waals surface area contributed by atoms with Gasteiger partial charge in [0.1, 0.15) is 0 Å². The Kier molecular flexibility index (Phi) is 8.79. The van der Waals surface area contributed by atoms with Gasteiger partial charge in [0.05, 0.1) is 6.10 Å². The Bertz CT molecular complexity index is 291. The third kappa shape index (κ3) is 6.13. The molecule has 0 aromatic carbocycles. The van der Waals surface area contributed by atoms with Crippen molar-refractivity contribution in [2.75, 3.05) is 39.8 Å². The molecule has 0 radical (unpaired) electrons. The molecule has 2 aliphatic rings. The average Bonchev–Trinajstić information content (AvgIpc) is 3.14. The molecular weight excluding hydrogens is 367 g/mol. The van der Waals surface area contributed by atoms with Crippen molar-refractivity contribution in [1.29, 1.82) is 0 Å². The Labute approximate surface area is 139 Å². The van der Waals surface area contributed by atoms with Crippen LogP contribution in [0.2, 0.25) is 0 Å². The fourth-order valence-electron chi connectivity index (χ4n) is 2.59. The molecule has 0 aromatic heterocycles. The van der Waals surface area contributed by atoms with Crippen molar-refractivity contribution in [1.82, 2.24) is 15.5 Å². The Morgan fingerprint density at radius 3 is 2.65 bits per heavy atom. The van der Waals surface area contributed by atoms with Crippen LogP contribution in [-0.4, -0.2) is 62.8 Å². The van der Waals surface area contributed by atoms with Gasteiger partial charge < -0.3 is 15.4 Å². The van der Waals surface area contributed by atoms with Crippen LogP contribution >= 0.6 is 24.0 Å². The molecule has 1 saturated heterocycles. The van der Waals surface area contributed by atoms with Gasteiger partial charge in [0.15, 0.2) is 5.96 Å². The molecule has 20 heavy (non-hydrogen) atoms. The number of ether oxygens (including phenoxy) is 1. The Morgan fingerprint density at radius 1 is 1.30 bits per heavy atom. The minimum atomic E-state index is 0. The lowest BCUT2D eigenvalue weighted by atomic mass is 10.2. The van der Waals surface area contributed by atoms with Crippen LogP contribution in [0.4, 0.5) is 0 Å². The van der Waals surface area contributed by atoms with Crippen LogP contribution in [0.5, 0.6) is 0 Å². The van der Waals surface area contributed by atoms with Crippen molar-refractivity contribution >= 4 is 29.9 Å². The van der Waals surface area contributed by atoms with Gasteiger partial charge in [0.2, 0.25) is 0 Å². The third-order valence-corrected chi connectivity index (χ3v) is 3.91. The second kappa shape index (κ2) is 9.78. The number of guanidine groups is 1. The molecule has 0 spiro atoms. The van der Waals surface area contributed by atoms with E-state index in [9.17, 15) is 0 Å². The molecule has 118 valence electrons. The van der Waals surface area contributed by atoms with Crippen molar-refractivity contribution in [3.05, 3.63) is 0 Å². The summed E-state index contributed by atoms with van der Waals surface area (Å²) in [6, 6.07) is 0.841. The number of hydrogen-bond donors (Lipinski definition) is 2. The highest BCUT2D eigenvalue weighted by Gasteiger charge is 2.27. The number of rotatable bonds is 7. The summed E-state index contributed by atoms with van der Waals surface area (Å²) in [6.07, 6.45) is 5.46. The smallest absolute Gasteiger partial charge is 0.191 e. The Hall–Kier alpha value is -0.0800. The van der Waals surface area contributed by atoms with E-state index in [1.807, 2.05) is 7.05 Å². The molecular formula is C14H29IN4O. The van der Waals surface area contributed by atoms with E-state index in [1.54, 1.807) is 0 Å². The van der Waals surface area contributed by atoms with E-state index < -0.39 is 0 Å². The molecule has 0 aromatic rings. The van der Waals surface area contributed by atoms with Gasteiger partial charge in [-0.05, 0) is 32.2 Å². The molecule has 0 bridgehead atoms. The lowest BCUT2D eigenvalue weighted by Gasteiger charge is -2.21. The van der Waals surface area contributed by atoms with Crippen LogP contribution in [-0.2, 0) is 4.74 Å². The predicted molar refractivity (Wildman–Crippen MR) is 94.0 cm³/mol. The van der Waals surface area contributed by atoms with Crippen molar-refractivity contribution < 1.29 is 4.74 Å². The van der Waals surface area contributed by atoms with Gasteiger partial charge in [0, 0.05) is 39.3 Å². The Balaban J connectivity index is 0.00000200. The first-order valence-electron chi connectivity index (χ1n) is 7.63. The molecule has 5 nitrogen and oxygen atoms in total. The summed E-state index contributed by atoms with van der Waals surface area (Å²) < 4.78 is 5.59. The quantitative estimate of drug-likeness (QED) is 0.389. The highest BCUT2D eigenvalue weighted by molar-refractivity contribution is 14.0. The molecule has 1 aliphatic carbocycles. The largest absolute Gasteiger partial charge is 0.376 e. The van der Waals surface area contributed by atoms with Crippen LogP contribution < -0.4 is 10.6 Å². The van der Waals surface area contributed by atoms with Gasteiger partial charge in [-0.2, -0.15) is 0 Å². The van der Waals surface area contributed by atoms with Crippen LogP contribution in [0, 0.1) is 0 Å². The molecule has 1 unspecified atom stereocenters. The second-order valence-electron chi connectivity index (χ2n) is 5.37. The average molecular weight is 396 g/mol. The summed E-state index contributed by atoms with van der Waals surface area (Å²) in [4.78, 5) is 6.79. The fourth-order valence-corrected chi connectivity index (χ4v) is 2.59. The van der Waals surface area contributed by atoms with Crippen molar-refractivity contribution in [3.63, 3.8) is 0 Å². The second-order valence-corrected chi connectivity index (χ2v) is 5.37. The maximum atomic E-state index is 5.59. The summed E-state index contributed by atoms with van der Waals surface area (Å²) in [7, 11) is 1.82. The van der Waals surface area contributed by atoms with Gasteiger partial charge in [-0.1, -0.05) is 6.92 Å². The monoisotopic (exact) mass is 396 g/mol. The number of nitrogens with zero attached hydrogens (tertiary/aromatic N) is 2. The van der Waals surface area contributed by atoms with Crippen molar-refractivity contribution in [2.45, 2.75) is 44.8 Å². The van der Waals surface area contributed by atoms with E-state index in [2.05, 4.69) is 27.4 Å². The summed E-state index contributed by atoms with van der Waals surface area (Å²) in [5.74, 6) is 0.891. The number of hydrogen-bond acceptors (Lipinski definition) is 3. The van der Waals surface area contributed by atoms with Gasteiger partial charge in [0.25, 0.3) is 0 Å². The topological polar surface area (TPSA) is 48.9 Å². The molecule has 1 heterocycles. The summed E-state index contributed by atoms with van der Waals surface area (Å²) in [6.45, 7) is 7.21. The maximum Gasteiger partial charge on any atom is 0.191 e. The van der Waals surface area contributed by atoms with Gasteiger partial charge in [-0.25, -0.2) is 0 Å². The minimum absolute atomic E-state index is 0. The highest BCUT2D eigenvalue weighted by Crippen LogP contribution is 2.25. The predicted octanol–water partition coefficient (Wildman–Crippen LogP) is 1.43. The van der Waals surface area contributed by atoms with Crippen LogP contribution in [0.15, 0.2) is 4.99 Å². The summed E-state index contributed by atoms with van der Waals surface area (Å²) >= 11 is 0. The van der Waals surface area contributed by atoms with Gasteiger partial charge in [-0.15, -0.1) is 24.0 Å². The summed E-state index contributed by atoms with van der Waals surface area (Å²) in [5, 5.41) is 6.73. The molecule has 1 aliphatic heterocycles. The van der Waals surface area contributed by atoms with Crippen LogP contribution in [0.3, 0.4) is 0 Å². The van der Waals surface area contributed by atoms with Gasteiger partial charge in [-0.3, -0.25) is 9.89 Å². The molecule has 1 atom stereocenters. The van der Waals surface area contributed by atoms with E-state index in [0.29, 0.717) is 6.10 Å². The lowest BCUT2D eigenvalue weighted by molar-refractivity contribution is 0.114. The highest BCUT2D eigenvalue weighted by atomic mass is 127. The van der Waals surface area contributed by atoms with Crippen molar-refractivity contribution in [3.8, 4) is 0 Å². The molecule has 2 rings (SSSR count). The number of likely N-dealkylation sites (N-methyl/N-ethyl adjacent to an activating group) is 1. The van der Waals surface area contributed by atoms with E-state index in [0.717, 1.165) is 51.2 Å². The zero-order chi connectivity index (χ0) is 13.5. The van der Waals surface area contributed by atoms with Crippen LogP contribution in [0.1, 0.15) is 32.6 Å². The van der Waals surface area contributed by atoms with E-state index >= 15 is 0 Å². The zero-order valence-electron chi connectivity index (χ0n) is 12.7. The fraction of sp³-hybridized carbons (Fsp3) is 0.929. The van der Waals surface area contributed by atoms with Gasteiger partial charge >= 0.3 is 0 Å². The third-order valence-electron chi connectivity index (χ3n) is 3.91. The molecule has 6 heteroatoms. The molecule has 2 N–H and O–H groups in total. The Morgan fingerprint density at radius 2 is 2.10 bits per heavy atom. The normalized spacial score (nSPS) is 22.8. The standard InChI is InChI=1S/C14H28N4O.HI/c1-3-18(12-6-7-12)9-8-16-14(15-2)17-11-13-5-4-10-19-13;/h12-13H,3-11H2,1-2H3,(H2,15,16,17);1H. The molecule has 1 saturated carbocycles. The SMILES string of the molecule is CCN(CCNC(=NC)NCC1CCCO1)C1CC1.I. The number of aliphatic imine (C=N–C) groups is 1. The molecule has 0 amide bonds. The first-order valence-corrected chi connectivity index (χ1v) is 7.63. The summed E-state index contributed by atoms with van der Waals surface area (Å²) in [5.41, 5.74) is 0. The minimum Gasteiger partial charge on any atom is -0.376 e. The van der Waals surface area contributed by atoms with E-state index in [-0.39, 0.29) is 24.0 Å². The first kappa shape index (κ1) is 18.0. The number of nitrogens with one attached hydrogen (secondary N) is 2. The molecule has 2 fully saturated rings. The zero-order valence-corrected chi connectivity index (χ0v) is 15.1. The van der Waals surface area contributed by atoms with E-state index in [1.165, 1.54) is 19.3 Å². The number of halogens is 1. The first-order chi connectivity index (χ1) is 9.33. The lowest BCUT2D eigenvalue weighted by Crippen LogP contribution is -2.44. The van der Waals surface area contributed by atoms with E-state index in [4.69, 9.17) is 4.74 Å². The van der Waals surface area contributed by atoms with Crippen molar-refractivity contribution in [2.24, 2.45) is 4.99 Å².